The summed E-state index contributed by atoms with van der Waals surface area (Å²) in [5.74, 6) is 0.905. The molecular weight excluding hydrogens is 204 g/mol. The quantitative estimate of drug-likeness (QED) is 0.668. The number of halogens is 1. The molecule has 1 aromatic rings. The van der Waals surface area contributed by atoms with Gasteiger partial charge in [0.1, 0.15) is 6.61 Å². The zero-order valence-electron chi connectivity index (χ0n) is 7.20. The molecule has 1 aliphatic heterocycles. The molecule has 0 aromatic heterocycles. The molecule has 0 saturated heterocycles. The van der Waals surface area contributed by atoms with Crippen LogP contribution in [0.3, 0.4) is 0 Å². The molecule has 0 N–H and O–H groups in total. The Bertz CT molecular complexity index is 398. The van der Waals surface area contributed by atoms with E-state index in [0.717, 1.165) is 0 Å². The van der Waals surface area contributed by atoms with E-state index in [0.29, 0.717) is 23.7 Å². The first-order chi connectivity index (χ1) is 6.79. The van der Waals surface area contributed by atoms with Crippen molar-refractivity contribution in [2.45, 2.75) is 0 Å². The van der Waals surface area contributed by atoms with E-state index in [1.807, 2.05) is 0 Å². The van der Waals surface area contributed by atoms with Crippen LogP contribution >= 0.6 is 11.6 Å². The maximum atomic E-state index is 11.0. The zero-order valence-corrected chi connectivity index (χ0v) is 7.95. The number of fused-ring (bicyclic) bond motifs is 1. The molecule has 0 spiro atoms. The Kier molecular flexibility index (Phi) is 2.41. The molecule has 0 aliphatic carbocycles. The Morgan fingerprint density at radius 1 is 1.43 bits per heavy atom. The van der Waals surface area contributed by atoms with Crippen LogP contribution in [-0.2, 0) is 0 Å². The topological polar surface area (TPSA) is 35.5 Å². The van der Waals surface area contributed by atoms with E-state index < -0.39 is 5.24 Å². The molecule has 1 heterocycles. The summed E-state index contributed by atoms with van der Waals surface area (Å²) in [6, 6.07) is 5.02. The molecule has 2 rings (SSSR count). The molecule has 1 aliphatic rings. The minimum Gasteiger partial charge on any atom is -0.485 e. The number of para-hydroxylation sites is 1. The molecule has 0 amide bonds. The second kappa shape index (κ2) is 3.72. The summed E-state index contributed by atoms with van der Waals surface area (Å²) in [6.45, 7) is 0.424. The van der Waals surface area contributed by atoms with Crippen molar-refractivity contribution in [3.05, 3.63) is 36.1 Å². The molecule has 0 saturated carbocycles. The summed E-state index contributed by atoms with van der Waals surface area (Å²) in [5, 5.41) is -0.555. The third-order valence-electron chi connectivity index (χ3n) is 1.81. The first-order valence-electron chi connectivity index (χ1n) is 4.06. The average molecular weight is 211 g/mol. The van der Waals surface area contributed by atoms with Gasteiger partial charge in [-0.2, -0.15) is 0 Å². The summed E-state index contributed by atoms with van der Waals surface area (Å²) in [7, 11) is 0. The molecule has 3 nitrogen and oxygen atoms in total. The standard InChI is InChI=1S/C10H7ClO3/c11-10(12)7-3-1-4-8-9(7)14-6-2-5-13-8/h1-4,6H,5H2. The highest BCUT2D eigenvalue weighted by Gasteiger charge is 2.16. The molecular formula is C10H7ClO3. The molecule has 72 valence electrons. The number of hydrogen-bond donors (Lipinski definition) is 0. The highest BCUT2D eigenvalue weighted by Crippen LogP contribution is 2.33. The van der Waals surface area contributed by atoms with E-state index in [1.165, 1.54) is 6.26 Å². The van der Waals surface area contributed by atoms with Gasteiger partial charge in [0.15, 0.2) is 11.5 Å². The third kappa shape index (κ3) is 1.59. The normalized spacial score (nSPS) is 13.5. The molecule has 1 aromatic carbocycles. The van der Waals surface area contributed by atoms with E-state index >= 15 is 0 Å². The lowest BCUT2D eigenvalue weighted by molar-refractivity contribution is 0.107. The molecule has 0 unspecified atom stereocenters. The lowest BCUT2D eigenvalue weighted by Gasteiger charge is -2.08. The smallest absolute Gasteiger partial charge is 0.256 e. The van der Waals surface area contributed by atoms with Crippen LogP contribution in [0.1, 0.15) is 10.4 Å². The van der Waals surface area contributed by atoms with Crippen molar-refractivity contribution in [2.75, 3.05) is 6.61 Å². The van der Waals surface area contributed by atoms with Crippen LogP contribution in [-0.4, -0.2) is 11.8 Å². The molecule has 4 heteroatoms. The van der Waals surface area contributed by atoms with Crippen molar-refractivity contribution in [1.29, 1.82) is 0 Å². The Morgan fingerprint density at radius 3 is 3.07 bits per heavy atom. The summed E-state index contributed by atoms with van der Waals surface area (Å²) < 4.78 is 10.5. The van der Waals surface area contributed by atoms with Crippen LogP contribution in [0.2, 0.25) is 0 Å². The van der Waals surface area contributed by atoms with Crippen molar-refractivity contribution >= 4 is 16.8 Å². The summed E-state index contributed by atoms with van der Waals surface area (Å²) in [4.78, 5) is 11.0. The second-order valence-electron chi connectivity index (χ2n) is 2.71. The fourth-order valence-electron chi connectivity index (χ4n) is 1.20. The molecule has 0 fully saturated rings. The van der Waals surface area contributed by atoms with E-state index in [2.05, 4.69) is 0 Å². The van der Waals surface area contributed by atoms with E-state index in [-0.39, 0.29) is 0 Å². The summed E-state index contributed by atoms with van der Waals surface area (Å²) >= 11 is 5.39. The number of carbonyl (C=O) groups excluding carboxylic acids is 1. The lowest BCUT2D eigenvalue weighted by atomic mass is 10.2. The van der Waals surface area contributed by atoms with Crippen LogP contribution < -0.4 is 9.47 Å². The number of ether oxygens (including phenoxy) is 2. The van der Waals surface area contributed by atoms with Gasteiger partial charge in [0, 0.05) is 0 Å². The largest absolute Gasteiger partial charge is 0.485 e. The van der Waals surface area contributed by atoms with Crippen molar-refractivity contribution in [1.82, 2.24) is 0 Å². The van der Waals surface area contributed by atoms with Crippen molar-refractivity contribution in [3.8, 4) is 11.5 Å². The van der Waals surface area contributed by atoms with Gasteiger partial charge in [-0.15, -0.1) is 0 Å². The fraction of sp³-hybridized carbons (Fsp3) is 0.100. The van der Waals surface area contributed by atoms with Crippen LogP contribution in [0, 0.1) is 0 Å². The number of hydrogen-bond acceptors (Lipinski definition) is 3. The highest BCUT2D eigenvalue weighted by atomic mass is 35.5. The van der Waals surface area contributed by atoms with Crippen LogP contribution in [0.5, 0.6) is 11.5 Å². The zero-order chi connectivity index (χ0) is 9.97. The van der Waals surface area contributed by atoms with E-state index in [9.17, 15) is 4.79 Å². The number of carbonyl (C=O) groups is 1. The van der Waals surface area contributed by atoms with Gasteiger partial charge in [-0.1, -0.05) is 6.07 Å². The van der Waals surface area contributed by atoms with Crippen LogP contribution in [0.15, 0.2) is 30.5 Å². The number of rotatable bonds is 1. The Balaban J connectivity index is 2.53. The summed E-state index contributed by atoms with van der Waals surface area (Å²) in [6.07, 6.45) is 3.19. The van der Waals surface area contributed by atoms with Gasteiger partial charge >= 0.3 is 0 Å². The fourth-order valence-corrected chi connectivity index (χ4v) is 1.35. The minimum atomic E-state index is -0.555. The van der Waals surface area contributed by atoms with Crippen molar-refractivity contribution in [2.24, 2.45) is 0 Å². The highest BCUT2D eigenvalue weighted by molar-refractivity contribution is 6.68. The van der Waals surface area contributed by atoms with Gasteiger partial charge in [0.25, 0.3) is 5.24 Å². The third-order valence-corrected chi connectivity index (χ3v) is 2.01. The minimum absolute atomic E-state index is 0.315. The Hall–Kier alpha value is -1.48. The number of benzene rings is 1. The molecule has 0 atom stereocenters. The van der Waals surface area contributed by atoms with Crippen LogP contribution in [0.25, 0.3) is 0 Å². The second-order valence-corrected chi connectivity index (χ2v) is 3.05. The first kappa shape index (κ1) is 9.09. The molecule has 0 radical (unpaired) electrons. The van der Waals surface area contributed by atoms with Gasteiger partial charge in [0.2, 0.25) is 0 Å². The average Bonchev–Trinajstić information content (AvgIpc) is 2.41. The summed E-state index contributed by atoms with van der Waals surface area (Å²) in [5.41, 5.74) is 0.315. The Morgan fingerprint density at radius 2 is 2.29 bits per heavy atom. The van der Waals surface area contributed by atoms with Gasteiger partial charge < -0.3 is 9.47 Å². The maximum Gasteiger partial charge on any atom is 0.256 e. The van der Waals surface area contributed by atoms with E-state index in [4.69, 9.17) is 21.1 Å². The van der Waals surface area contributed by atoms with Gasteiger partial charge in [-0.05, 0) is 29.8 Å². The van der Waals surface area contributed by atoms with Crippen LogP contribution in [0.4, 0.5) is 0 Å². The van der Waals surface area contributed by atoms with Crippen molar-refractivity contribution in [3.63, 3.8) is 0 Å². The molecule has 14 heavy (non-hydrogen) atoms. The first-order valence-corrected chi connectivity index (χ1v) is 4.44. The van der Waals surface area contributed by atoms with Crippen molar-refractivity contribution < 1.29 is 14.3 Å². The van der Waals surface area contributed by atoms with Gasteiger partial charge in [0.05, 0.1) is 11.8 Å². The monoisotopic (exact) mass is 210 g/mol. The van der Waals surface area contributed by atoms with Gasteiger partial charge in [-0.3, -0.25) is 4.79 Å². The molecule has 0 bridgehead atoms. The predicted molar refractivity (Wildman–Crippen MR) is 51.9 cm³/mol. The Labute approximate surface area is 85.9 Å². The van der Waals surface area contributed by atoms with Gasteiger partial charge in [-0.25, -0.2) is 0 Å². The maximum absolute atomic E-state index is 11.0. The lowest BCUT2D eigenvalue weighted by Crippen LogP contribution is -1.97. The SMILES string of the molecule is O=C(Cl)c1cccc2c1OC=CCO2. The predicted octanol–water partition coefficient (Wildman–Crippen LogP) is 2.35. The van der Waals surface area contributed by atoms with E-state index in [1.54, 1.807) is 24.3 Å².